The number of hydrogen-bond donors (Lipinski definition) is 1. The Bertz CT molecular complexity index is 1120. The molecule has 0 unspecified atom stereocenters. The molecule has 1 aromatic heterocycles. The van der Waals surface area contributed by atoms with Crippen molar-refractivity contribution in [1.82, 2.24) is 9.78 Å². The zero-order chi connectivity index (χ0) is 22.5. The van der Waals surface area contributed by atoms with Crippen molar-refractivity contribution in [2.45, 2.75) is 27.3 Å². The van der Waals surface area contributed by atoms with E-state index in [0.717, 1.165) is 16.8 Å². The molecule has 0 saturated heterocycles. The summed E-state index contributed by atoms with van der Waals surface area (Å²) in [4.78, 5) is 12.5. The number of methoxy groups -OCH3 is 2. The number of nitrogens with one attached hydrogen (secondary N) is 1. The van der Waals surface area contributed by atoms with Crippen LogP contribution in [-0.4, -0.2) is 29.9 Å². The van der Waals surface area contributed by atoms with Gasteiger partial charge in [0.15, 0.2) is 11.5 Å². The lowest BCUT2D eigenvalue weighted by Gasteiger charge is -2.12. The van der Waals surface area contributed by atoms with Crippen LogP contribution >= 0.6 is 11.6 Å². The lowest BCUT2D eigenvalue weighted by Crippen LogP contribution is -2.09. The van der Waals surface area contributed by atoms with Crippen LogP contribution in [0, 0.1) is 20.8 Å². The van der Waals surface area contributed by atoms with E-state index in [-0.39, 0.29) is 5.91 Å². The van der Waals surface area contributed by atoms with Gasteiger partial charge in [0.25, 0.3) is 0 Å². The van der Waals surface area contributed by atoms with Crippen LogP contribution in [0.4, 0.5) is 5.69 Å². The molecule has 3 rings (SSSR count). The lowest BCUT2D eigenvalue weighted by molar-refractivity contribution is -0.111. The highest BCUT2D eigenvalue weighted by molar-refractivity contribution is 6.31. The van der Waals surface area contributed by atoms with E-state index < -0.39 is 0 Å². The fourth-order valence-corrected chi connectivity index (χ4v) is 3.47. The summed E-state index contributed by atoms with van der Waals surface area (Å²) in [7, 11) is 3.13. The number of hydrogen-bond acceptors (Lipinski definition) is 4. The second kappa shape index (κ2) is 9.71. The molecule has 3 aromatic rings. The van der Waals surface area contributed by atoms with Crippen LogP contribution in [0.2, 0.25) is 5.15 Å². The first-order valence-corrected chi connectivity index (χ1v) is 10.2. The third-order valence-corrected chi connectivity index (χ3v) is 5.35. The Morgan fingerprint density at radius 1 is 1.10 bits per heavy atom. The molecule has 6 nitrogen and oxygen atoms in total. The minimum absolute atomic E-state index is 0.280. The topological polar surface area (TPSA) is 65.4 Å². The first-order chi connectivity index (χ1) is 14.8. The molecule has 0 radical (unpaired) electrons. The van der Waals surface area contributed by atoms with E-state index in [1.807, 2.05) is 26.8 Å². The number of halogens is 1. The molecule has 0 aliphatic heterocycles. The number of ether oxygens (including phenoxy) is 2. The molecule has 1 heterocycles. The molecule has 0 saturated carbocycles. The fourth-order valence-electron chi connectivity index (χ4n) is 3.18. The van der Waals surface area contributed by atoms with E-state index in [2.05, 4.69) is 34.7 Å². The highest BCUT2D eigenvalue weighted by Crippen LogP contribution is 2.33. The maximum absolute atomic E-state index is 12.5. The van der Waals surface area contributed by atoms with Gasteiger partial charge in [-0.1, -0.05) is 41.4 Å². The van der Waals surface area contributed by atoms with Crippen molar-refractivity contribution >= 4 is 29.3 Å². The second-order valence-electron chi connectivity index (χ2n) is 7.28. The van der Waals surface area contributed by atoms with Gasteiger partial charge in [0.05, 0.1) is 26.5 Å². The number of aromatic nitrogens is 2. The normalized spacial score (nSPS) is 11.0. The van der Waals surface area contributed by atoms with Crippen molar-refractivity contribution in [1.29, 1.82) is 0 Å². The van der Waals surface area contributed by atoms with Crippen LogP contribution in [0.3, 0.4) is 0 Å². The quantitative estimate of drug-likeness (QED) is 0.515. The summed E-state index contributed by atoms with van der Waals surface area (Å²) in [5.41, 5.74) is 5.28. The molecule has 0 atom stereocenters. The van der Waals surface area contributed by atoms with Crippen molar-refractivity contribution in [3.8, 4) is 11.5 Å². The summed E-state index contributed by atoms with van der Waals surface area (Å²) in [5.74, 6) is 0.873. The highest BCUT2D eigenvalue weighted by atomic mass is 35.5. The van der Waals surface area contributed by atoms with Crippen molar-refractivity contribution in [3.63, 3.8) is 0 Å². The first-order valence-electron chi connectivity index (χ1n) is 9.82. The molecule has 7 heteroatoms. The zero-order valence-electron chi connectivity index (χ0n) is 18.3. The number of carbonyl (C=O) groups excluding carboxylic acids is 1. The van der Waals surface area contributed by atoms with Gasteiger partial charge in [0.2, 0.25) is 5.91 Å². The number of rotatable bonds is 7. The molecule has 0 aliphatic carbocycles. The Morgan fingerprint density at radius 2 is 1.74 bits per heavy atom. The molecular weight excluding hydrogens is 414 g/mol. The van der Waals surface area contributed by atoms with Crippen LogP contribution in [0.15, 0.2) is 42.5 Å². The van der Waals surface area contributed by atoms with Crippen LogP contribution in [0.5, 0.6) is 11.5 Å². The predicted molar refractivity (Wildman–Crippen MR) is 124 cm³/mol. The minimum atomic E-state index is -0.280. The Kier molecular flexibility index (Phi) is 7.02. The smallest absolute Gasteiger partial charge is 0.248 e. The van der Waals surface area contributed by atoms with E-state index in [1.165, 1.54) is 11.6 Å². The minimum Gasteiger partial charge on any atom is -0.493 e. The predicted octanol–water partition coefficient (Wildman–Crippen LogP) is 5.18. The molecule has 162 valence electrons. The van der Waals surface area contributed by atoms with Gasteiger partial charge >= 0.3 is 0 Å². The standard InChI is InChI=1S/C24H26ClN3O3/c1-15-6-8-18(9-7-15)14-28-24(25)19(17(3)27-28)10-11-23(29)26-20-13-22(31-5)21(30-4)12-16(20)2/h6-13H,14H2,1-5H3,(H,26,29)/b11-10+. The monoisotopic (exact) mass is 439 g/mol. The van der Waals surface area contributed by atoms with E-state index in [4.69, 9.17) is 21.1 Å². The summed E-state index contributed by atoms with van der Waals surface area (Å²) in [6.07, 6.45) is 3.13. The maximum Gasteiger partial charge on any atom is 0.248 e. The number of anilines is 1. The van der Waals surface area contributed by atoms with Crippen molar-refractivity contribution < 1.29 is 14.3 Å². The summed E-state index contributed by atoms with van der Waals surface area (Å²) >= 11 is 6.54. The summed E-state index contributed by atoms with van der Waals surface area (Å²) in [5, 5.41) is 7.87. The van der Waals surface area contributed by atoms with Gasteiger partial charge in [0.1, 0.15) is 5.15 Å². The number of nitrogens with zero attached hydrogens (tertiary/aromatic N) is 2. The number of amides is 1. The zero-order valence-corrected chi connectivity index (χ0v) is 19.1. The van der Waals surface area contributed by atoms with Gasteiger partial charge in [0, 0.05) is 23.4 Å². The Balaban J connectivity index is 1.75. The molecule has 2 aromatic carbocycles. The fraction of sp³-hybridized carbons (Fsp3) is 0.250. The Hall–Kier alpha value is -3.25. The summed E-state index contributed by atoms with van der Waals surface area (Å²) in [6, 6.07) is 11.8. The molecule has 0 spiro atoms. The van der Waals surface area contributed by atoms with E-state index in [0.29, 0.717) is 34.4 Å². The van der Waals surface area contributed by atoms with E-state index >= 15 is 0 Å². The number of benzene rings is 2. The van der Waals surface area contributed by atoms with Crippen LogP contribution in [-0.2, 0) is 11.3 Å². The van der Waals surface area contributed by atoms with Gasteiger partial charge in [-0.3, -0.25) is 4.79 Å². The molecular formula is C24H26ClN3O3. The van der Waals surface area contributed by atoms with Gasteiger partial charge in [-0.25, -0.2) is 4.68 Å². The van der Waals surface area contributed by atoms with Gasteiger partial charge in [-0.05, 0) is 44.0 Å². The van der Waals surface area contributed by atoms with Gasteiger partial charge in [-0.2, -0.15) is 5.10 Å². The van der Waals surface area contributed by atoms with E-state index in [9.17, 15) is 4.79 Å². The largest absolute Gasteiger partial charge is 0.493 e. The maximum atomic E-state index is 12.5. The SMILES string of the molecule is COc1cc(C)c(NC(=O)/C=C/c2c(C)nn(Cc3ccc(C)cc3)c2Cl)cc1OC. The molecule has 31 heavy (non-hydrogen) atoms. The van der Waals surface area contributed by atoms with Crippen molar-refractivity contribution in [2.24, 2.45) is 0 Å². The Labute approximate surface area is 187 Å². The van der Waals surface area contributed by atoms with Gasteiger partial charge in [-0.15, -0.1) is 0 Å². The van der Waals surface area contributed by atoms with Crippen LogP contribution in [0.1, 0.15) is 27.9 Å². The molecule has 1 amide bonds. The lowest BCUT2D eigenvalue weighted by atomic mass is 10.1. The van der Waals surface area contributed by atoms with Crippen LogP contribution < -0.4 is 14.8 Å². The third kappa shape index (κ3) is 5.27. The average molecular weight is 440 g/mol. The highest BCUT2D eigenvalue weighted by Gasteiger charge is 2.13. The van der Waals surface area contributed by atoms with Crippen molar-refractivity contribution in [3.05, 3.63) is 75.6 Å². The Morgan fingerprint density at radius 3 is 2.39 bits per heavy atom. The molecule has 0 fully saturated rings. The second-order valence-corrected chi connectivity index (χ2v) is 7.64. The number of aryl methyl sites for hydroxylation is 3. The average Bonchev–Trinajstić information content (AvgIpc) is 3.01. The summed E-state index contributed by atoms with van der Waals surface area (Å²) < 4.78 is 12.3. The molecule has 1 N–H and O–H groups in total. The molecule has 0 aliphatic rings. The summed E-state index contributed by atoms with van der Waals surface area (Å²) in [6.45, 7) is 6.36. The van der Waals surface area contributed by atoms with E-state index in [1.54, 1.807) is 31.0 Å². The third-order valence-electron chi connectivity index (χ3n) is 4.95. The first kappa shape index (κ1) is 22.4. The van der Waals surface area contributed by atoms with Crippen molar-refractivity contribution in [2.75, 3.05) is 19.5 Å². The van der Waals surface area contributed by atoms with Crippen LogP contribution in [0.25, 0.3) is 6.08 Å². The van der Waals surface area contributed by atoms with Gasteiger partial charge < -0.3 is 14.8 Å². The number of carbonyl (C=O) groups is 1. The molecule has 0 bridgehead atoms.